The maximum Gasteiger partial charge on any atom is 0.334 e. The van der Waals surface area contributed by atoms with Gasteiger partial charge in [0.15, 0.2) is 17.7 Å². The van der Waals surface area contributed by atoms with Crippen molar-refractivity contribution in [1.29, 1.82) is 0 Å². The number of rotatable bonds is 3. The van der Waals surface area contributed by atoms with E-state index >= 15 is 0 Å². The topological polar surface area (TPSA) is 66.8 Å². The van der Waals surface area contributed by atoms with Gasteiger partial charge in [0, 0.05) is 6.54 Å². The molecule has 2 rings (SSSR count). The van der Waals surface area contributed by atoms with Gasteiger partial charge in [0.25, 0.3) is 0 Å². The third-order valence-corrected chi connectivity index (χ3v) is 3.23. The van der Waals surface area contributed by atoms with Crippen molar-refractivity contribution >= 4 is 11.9 Å². The molecule has 21 heavy (non-hydrogen) atoms. The van der Waals surface area contributed by atoms with Crippen LogP contribution in [0.3, 0.4) is 0 Å². The van der Waals surface area contributed by atoms with Gasteiger partial charge in [-0.15, -0.1) is 0 Å². The Bertz CT molecular complexity index is 564. The van der Waals surface area contributed by atoms with Crippen molar-refractivity contribution in [2.24, 2.45) is 0 Å². The summed E-state index contributed by atoms with van der Waals surface area (Å²) >= 11 is 0. The second kappa shape index (κ2) is 6.17. The molecule has 1 aromatic rings. The van der Waals surface area contributed by atoms with Crippen molar-refractivity contribution < 1.29 is 28.2 Å². The number of ether oxygens (including phenoxy) is 1. The number of aliphatic carboxylic acids is 1. The zero-order chi connectivity index (χ0) is 15.6. The number of carboxylic acids is 1. The Labute approximate surface area is 120 Å². The molecule has 0 saturated carbocycles. The number of benzene rings is 1. The molecule has 0 bridgehead atoms. The minimum Gasteiger partial charge on any atom is -0.479 e. The minimum absolute atomic E-state index is 0.0534. The standard InChI is InChI=1S/C14H15F2NO4/c1-8-6-17(7-12(21-8)14(19)20)13(18)5-9-2-3-10(15)11(16)4-9/h2-4,8,12H,5-7H2,1H3,(H,19,20)/t8-,12?/m1/s1. The molecule has 0 aliphatic carbocycles. The van der Waals surface area contributed by atoms with Crippen LogP contribution in [0.2, 0.25) is 0 Å². The van der Waals surface area contributed by atoms with Gasteiger partial charge in [0.1, 0.15) is 0 Å². The predicted molar refractivity (Wildman–Crippen MR) is 68.6 cm³/mol. The van der Waals surface area contributed by atoms with Crippen LogP contribution in [0.1, 0.15) is 12.5 Å². The molecule has 5 nitrogen and oxygen atoms in total. The van der Waals surface area contributed by atoms with E-state index in [1.54, 1.807) is 6.92 Å². The van der Waals surface area contributed by atoms with Gasteiger partial charge in [-0.2, -0.15) is 0 Å². The van der Waals surface area contributed by atoms with Crippen LogP contribution in [0.5, 0.6) is 0 Å². The van der Waals surface area contributed by atoms with Crippen LogP contribution >= 0.6 is 0 Å². The van der Waals surface area contributed by atoms with E-state index < -0.39 is 29.8 Å². The molecule has 1 amide bonds. The molecule has 1 aromatic carbocycles. The van der Waals surface area contributed by atoms with Gasteiger partial charge in [-0.3, -0.25) is 4.79 Å². The summed E-state index contributed by atoms with van der Waals surface area (Å²) < 4.78 is 31.1. The Morgan fingerprint density at radius 2 is 2.05 bits per heavy atom. The van der Waals surface area contributed by atoms with Crippen LogP contribution < -0.4 is 0 Å². The molecule has 1 saturated heterocycles. The molecular formula is C14H15F2NO4. The van der Waals surface area contributed by atoms with Crippen LogP contribution in [0, 0.1) is 11.6 Å². The number of hydrogen-bond acceptors (Lipinski definition) is 3. The van der Waals surface area contributed by atoms with E-state index in [1.807, 2.05) is 0 Å². The lowest BCUT2D eigenvalue weighted by Crippen LogP contribution is -2.52. The summed E-state index contributed by atoms with van der Waals surface area (Å²) in [6.07, 6.45) is -1.58. The highest BCUT2D eigenvalue weighted by atomic mass is 19.2. The lowest BCUT2D eigenvalue weighted by atomic mass is 10.1. The summed E-state index contributed by atoms with van der Waals surface area (Å²) in [6.45, 7) is 1.89. The van der Waals surface area contributed by atoms with Gasteiger partial charge in [-0.25, -0.2) is 13.6 Å². The fourth-order valence-electron chi connectivity index (χ4n) is 2.23. The molecule has 0 radical (unpaired) electrons. The SMILES string of the molecule is C[C@@H]1CN(C(=O)Cc2ccc(F)c(F)c2)CC(C(=O)O)O1. The minimum atomic E-state index is -1.13. The first kappa shape index (κ1) is 15.4. The van der Waals surface area contributed by atoms with E-state index in [2.05, 4.69) is 0 Å². The molecule has 1 heterocycles. The highest BCUT2D eigenvalue weighted by Gasteiger charge is 2.32. The van der Waals surface area contributed by atoms with Crippen molar-refractivity contribution in [1.82, 2.24) is 4.90 Å². The molecule has 1 aliphatic heterocycles. The van der Waals surface area contributed by atoms with Gasteiger partial charge < -0.3 is 14.7 Å². The normalized spacial score (nSPS) is 22.1. The van der Waals surface area contributed by atoms with Gasteiger partial charge in [0.05, 0.1) is 19.1 Å². The Morgan fingerprint density at radius 3 is 2.67 bits per heavy atom. The molecule has 2 atom stereocenters. The second-order valence-corrected chi connectivity index (χ2v) is 5.00. The third-order valence-electron chi connectivity index (χ3n) is 3.23. The van der Waals surface area contributed by atoms with Crippen LogP contribution in [0.15, 0.2) is 18.2 Å². The Morgan fingerprint density at radius 1 is 1.33 bits per heavy atom. The number of carboxylic acid groups (broad SMARTS) is 1. The lowest BCUT2D eigenvalue weighted by Gasteiger charge is -2.35. The number of amides is 1. The average Bonchev–Trinajstić information content (AvgIpc) is 2.42. The average molecular weight is 299 g/mol. The number of nitrogens with zero attached hydrogens (tertiary/aromatic N) is 1. The predicted octanol–water partition coefficient (Wildman–Crippen LogP) is 1.21. The van der Waals surface area contributed by atoms with Gasteiger partial charge in [-0.1, -0.05) is 6.07 Å². The summed E-state index contributed by atoms with van der Waals surface area (Å²) in [7, 11) is 0. The Kier molecular flexibility index (Phi) is 4.52. The second-order valence-electron chi connectivity index (χ2n) is 5.00. The molecule has 114 valence electrons. The summed E-state index contributed by atoms with van der Waals surface area (Å²) in [5.74, 6) is -3.47. The van der Waals surface area contributed by atoms with E-state index in [-0.39, 0.29) is 25.4 Å². The van der Waals surface area contributed by atoms with E-state index in [0.29, 0.717) is 5.56 Å². The van der Waals surface area contributed by atoms with Gasteiger partial charge in [0.2, 0.25) is 5.91 Å². The highest BCUT2D eigenvalue weighted by molar-refractivity contribution is 5.80. The number of hydrogen-bond donors (Lipinski definition) is 1. The largest absolute Gasteiger partial charge is 0.479 e. The molecule has 1 N–H and O–H groups in total. The fourth-order valence-corrected chi connectivity index (χ4v) is 2.23. The van der Waals surface area contributed by atoms with Crippen LogP contribution in [0.25, 0.3) is 0 Å². The smallest absolute Gasteiger partial charge is 0.334 e. The number of morpholine rings is 1. The number of carbonyl (C=O) groups excluding carboxylic acids is 1. The van der Waals surface area contributed by atoms with E-state index in [0.717, 1.165) is 12.1 Å². The summed E-state index contributed by atoms with van der Waals surface area (Å²) in [4.78, 5) is 24.5. The zero-order valence-corrected chi connectivity index (χ0v) is 11.4. The van der Waals surface area contributed by atoms with Crippen molar-refractivity contribution in [3.63, 3.8) is 0 Å². The van der Waals surface area contributed by atoms with Crippen LogP contribution in [-0.2, 0) is 20.7 Å². The first-order valence-corrected chi connectivity index (χ1v) is 6.46. The Hall–Kier alpha value is -2.02. The molecular weight excluding hydrogens is 284 g/mol. The molecule has 1 unspecified atom stereocenters. The quantitative estimate of drug-likeness (QED) is 0.911. The molecule has 0 spiro atoms. The Balaban J connectivity index is 2.05. The highest BCUT2D eigenvalue weighted by Crippen LogP contribution is 2.15. The summed E-state index contributed by atoms with van der Waals surface area (Å²) in [5.41, 5.74) is 0.338. The molecule has 0 aromatic heterocycles. The monoisotopic (exact) mass is 299 g/mol. The van der Waals surface area contributed by atoms with Crippen LogP contribution in [0.4, 0.5) is 8.78 Å². The summed E-state index contributed by atoms with van der Waals surface area (Å²) in [6, 6.07) is 3.25. The zero-order valence-electron chi connectivity index (χ0n) is 11.4. The van der Waals surface area contributed by atoms with E-state index in [9.17, 15) is 18.4 Å². The first-order valence-electron chi connectivity index (χ1n) is 6.46. The lowest BCUT2D eigenvalue weighted by molar-refractivity contribution is -0.166. The van der Waals surface area contributed by atoms with Crippen molar-refractivity contribution in [2.75, 3.05) is 13.1 Å². The van der Waals surface area contributed by atoms with Crippen molar-refractivity contribution in [3.05, 3.63) is 35.4 Å². The van der Waals surface area contributed by atoms with Gasteiger partial charge in [-0.05, 0) is 24.6 Å². The maximum atomic E-state index is 13.1. The number of carbonyl (C=O) groups is 2. The van der Waals surface area contributed by atoms with E-state index in [4.69, 9.17) is 9.84 Å². The fraction of sp³-hybridized carbons (Fsp3) is 0.429. The molecule has 7 heteroatoms. The van der Waals surface area contributed by atoms with Gasteiger partial charge >= 0.3 is 5.97 Å². The molecule has 1 aliphatic rings. The van der Waals surface area contributed by atoms with Crippen LogP contribution in [-0.4, -0.2) is 47.2 Å². The third kappa shape index (κ3) is 3.75. The van der Waals surface area contributed by atoms with Crippen molar-refractivity contribution in [3.8, 4) is 0 Å². The summed E-state index contributed by atoms with van der Waals surface area (Å²) in [5, 5.41) is 8.96. The van der Waals surface area contributed by atoms with E-state index in [1.165, 1.54) is 11.0 Å². The van der Waals surface area contributed by atoms with Crippen molar-refractivity contribution in [2.45, 2.75) is 25.6 Å². The first-order chi connectivity index (χ1) is 9.86. The maximum absolute atomic E-state index is 13.1. The molecule has 1 fully saturated rings. The number of halogens is 2.